The number of pyridine rings is 8. The van der Waals surface area contributed by atoms with E-state index < -0.39 is 0 Å². The minimum absolute atomic E-state index is 0.889. The van der Waals surface area contributed by atoms with E-state index in [-0.39, 0.29) is 0 Å². The Hall–Kier alpha value is -15.6. The number of para-hydroxylation sites is 4. The van der Waals surface area contributed by atoms with E-state index in [1.807, 2.05) is 0 Å². The minimum atomic E-state index is 0.889. The lowest BCUT2D eigenvalue weighted by Crippen LogP contribution is -1.94. The van der Waals surface area contributed by atoms with Crippen molar-refractivity contribution in [3.8, 4) is 89.5 Å². The van der Waals surface area contributed by atoms with E-state index in [2.05, 4.69) is 388 Å². The quantitative estimate of drug-likeness (QED) is 0.109. The third kappa shape index (κ3) is 11.2. The zero-order valence-electron chi connectivity index (χ0n) is 62.5. The largest absolute Gasteiger partial charge is 0.245 e. The van der Waals surface area contributed by atoms with Crippen LogP contribution in [0.2, 0.25) is 0 Å². The molecule has 0 unspecified atom stereocenters. The fourth-order valence-corrected chi connectivity index (χ4v) is 17.6. The van der Waals surface area contributed by atoms with Gasteiger partial charge >= 0.3 is 0 Å². The summed E-state index contributed by atoms with van der Waals surface area (Å²) in [5, 5.41) is 17.9. The van der Waals surface area contributed by atoms with Gasteiger partial charge in [0, 0.05) is 109 Å². The highest BCUT2D eigenvalue weighted by molar-refractivity contribution is 6.21. The highest BCUT2D eigenvalue weighted by atomic mass is 14.8. The summed E-state index contributed by atoms with van der Waals surface area (Å²) >= 11 is 0. The van der Waals surface area contributed by atoms with Crippen LogP contribution in [0, 0.1) is 0 Å². The van der Waals surface area contributed by atoms with E-state index >= 15 is 0 Å². The van der Waals surface area contributed by atoms with Gasteiger partial charge in [0.2, 0.25) is 0 Å². The summed E-state index contributed by atoms with van der Waals surface area (Å²) in [5.74, 6) is 0. The molecule has 24 rings (SSSR count). The van der Waals surface area contributed by atoms with Crippen LogP contribution in [0.5, 0.6) is 0 Å². The molecule has 8 heterocycles. The van der Waals surface area contributed by atoms with Crippen molar-refractivity contribution in [2.75, 3.05) is 0 Å². The first-order valence-corrected chi connectivity index (χ1v) is 39.3. The lowest BCUT2D eigenvalue weighted by Gasteiger charge is -2.14. The van der Waals surface area contributed by atoms with E-state index in [0.717, 1.165) is 176 Å². The lowest BCUT2D eigenvalue weighted by atomic mass is 9.95. The maximum atomic E-state index is 5.33. The Labute approximate surface area is 665 Å². The molecule has 0 atom stereocenters. The topological polar surface area (TPSA) is 103 Å². The van der Waals surface area contributed by atoms with Gasteiger partial charge in [-0.25, -0.2) is 39.9 Å². The number of aromatic nitrogens is 8. The number of fused-ring (bicyclic) bond motifs is 18. The van der Waals surface area contributed by atoms with Crippen LogP contribution in [0.15, 0.2) is 388 Å². The van der Waals surface area contributed by atoms with Crippen molar-refractivity contribution in [2.24, 2.45) is 0 Å². The van der Waals surface area contributed by atoms with Crippen molar-refractivity contribution < 1.29 is 0 Å². The van der Waals surface area contributed by atoms with Gasteiger partial charge in [-0.2, -0.15) is 0 Å². The van der Waals surface area contributed by atoms with Crippen LogP contribution in [0.1, 0.15) is 0 Å². The molecular formula is C108H64N8. The van der Waals surface area contributed by atoms with Gasteiger partial charge in [-0.3, -0.25) is 0 Å². The van der Waals surface area contributed by atoms with Gasteiger partial charge in [0.1, 0.15) is 0 Å². The van der Waals surface area contributed by atoms with Gasteiger partial charge in [-0.1, -0.05) is 309 Å². The lowest BCUT2D eigenvalue weighted by molar-refractivity contribution is 1.37. The second kappa shape index (κ2) is 27.1. The van der Waals surface area contributed by atoms with E-state index in [4.69, 9.17) is 39.9 Å². The second-order valence-corrected chi connectivity index (χ2v) is 30.0. The molecule has 0 fully saturated rings. The maximum Gasteiger partial charge on any atom is 0.0978 e. The first-order chi connectivity index (χ1) is 57.5. The number of hydrogen-bond acceptors (Lipinski definition) is 8. The molecule has 0 aliphatic heterocycles. The molecule has 0 spiro atoms. The van der Waals surface area contributed by atoms with Crippen molar-refractivity contribution in [1.29, 1.82) is 0 Å². The van der Waals surface area contributed by atoms with E-state index in [1.54, 1.807) is 0 Å². The van der Waals surface area contributed by atoms with Crippen molar-refractivity contribution in [3.05, 3.63) is 388 Å². The SMILES string of the molecule is c1ccc(-c2c3ccccc3nc3c2ccc2ccc(-c4ccc5cc6cc(-c7ccc8ccc9c(-c%10ccccc%10)c%10ccccc%10nc9c8n7)ccc6cc5c4)nc23)cc1.c1ccc(-c2c3ccccc3nc3c2ccc2ccc(-c4cccc(-c5ccc6ccc7c(-c8ccccc8)c8ccccc8nc7c6n5)c4)nc23)cc1. The molecule has 0 bridgehead atoms. The van der Waals surface area contributed by atoms with Gasteiger partial charge < -0.3 is 0 Å². The molecule has 8 aromatic heterocycles. The van der Waals surface area contributed by atoms with Gasteiger partial charge in [0.15, 0.2) is 0 Å². The first-order valence-electron chi connectivity index (χ1n) is 39.3. The van der Waals surface area contributed by atoms with Crippen molar-refractivity contribution in [1.82, 2.24) is 39.9 Å². The normalized spacial score (nSPS) is 11.8. The molecule has 0 amide bonds. The maximum absolute atomic E-state index is 5.33. The Morgan fingerprint density at radius 2 is 0.353 bits per heavy atom. The molecule has 8 nitrogen and oxygen atoms in total. The van der Waals surface area contributed by atoms with Crippen LogP contribution in [0.4, 0.5) is 0 Å². The molecule has 0 aliphatic rings. The average Bonchev–Trinajstić information content (AvgIpc) is 0.753. The van der Waals surface area contributed by atoms with Crippen LogP contribution < -0.4 is 0 Å². The predicted octanol–water partition coefficient (Wildman–Crippen LogP) is 28.0. The molecule has 0 saturated heterocycles. The number of rotatable bonds is 8. The van der Waals surface area contributed by atoms with Crippen LogP contribution >= 0.6 is 0 Å². The molecular weight excluding hydrogens is 1410 g/mol. The van der Waals surface area contributed by atoms with E-state index in [0.29, 0.717) is 0 Å². The van der Waals surface area contributed by atoms with Crippen LogP contribution in [0.25, 0.3) is 242 Å². The summed E-state index contributed by atoms with van der Waals surface area (Å²) < 4.78 is 0. The minimum Gasteiger partial charge on any atom is -0.245 e. The second-order valence-electron chi connectivity index (χ2n) is 30.0. The smallest absolute Gasteiger partial charge is 0.0978 e. The number of nitrogens with zero attached hydrogens (tertiary/aromatic N) is 8. The van der Waals surface area contributed by atoms with Crippen molar-refractivity contribution >= 4 is 152 Å². The summed E-state index contributed by atoms with van der Waals surface area (Å²) in [6, 6.07) is 137. The Bertz CT molecular complexity index is 7720. The Kier molecular flexibility index (Phi) is 15.5. The number of hydrogen-bond donors (Lipinski definition) is 0. The predicted molar refractivity (Wildman–Crippen MR) is 484 cm³/mol. The van der Waals surface area contributed by atoms with E-state index in [9.17, 15) is 0 Å². The standard InChI is InChI=1S/C58H34N4.C50H30N4/c1-3-11-35(12-4-1)53-45-15-7-9-17-51(45)61-57-47(53)27-23-37-25-29-49(59-55(37)57)41-21-19-39-32-44-34-42(22-20-40(44)31-43(39)33-41)50-30-26-38-24-28-48-54(36-13-5-2-6-14-36)46-16-8-10-18-52(46)62-58(48)56(38)60-50;1-3-12-31(13-4-1)45-37-18-7-9-20-43(37)53-49-39(45)26-22-33-24-28-41(51-47(33)49)35-16-11-17-36(30-35)42-29-25-34-23-27-40-46(32-14-5-2-6-15-32)38-19-8-10-21-44(38)54-50(40)48(34)52-42/h1-34H;1-30H. The van der Waals surface area contributed by atoms with Gasteiger partial charge in [-0.05, 0) is 123 Å². The average molecular weight is 1470 g/mol. The van der Waals surface area contributed by atoms with Crippen molar-refractivity contribution in [2.45, 2.75) is 0 Å². The van der Waals surface area contributed by atoms with Gasteiger partial charge in [0.25, 0.3) is 0 Å². The summed E-state index contributed by atoms with van der Waals surface area (Å²) in [5.41, 5.74) is 28.3. The molecule has 24 aromatic rings. The Morgan fingerprint density at radius 1 is 0.121 bits per heavy atom. The summed E-state index contributed by atoms with van der Waals surface area (Å²) in [6.45, 7) is 0. The fourth-order valence-electron chi connectivity index (χ4n) is 17.6. The summed E-state index contributed by atoms with van der Waals surface area (Å²) in [7, 11) is 0. The Balaban J connectivity index is 0.000000138. The van der Waals surface area contributed by atoms with Gasteiger partial charge in [-0.15, -0.1) is 0 Å². The van der Waals surface area contributed by atoms with Gasteiger partial charge in [0.05, 0.1) is 89.0 Å². The first kappa shape index (κ1) is 66.2. The highest BCUT2D eigenvalue weighted by Crippen LogP contribution is 2.44. The van der Waals surface area contributed by atoms with Crippen LogP contribution in [0.3, 0.4) is 0 Å². The molecule has 0 radical (unpaired) electrons. The highest BCUT2D eigenvalue weighted by Gasteiger charge is 2.22. The van der Waals surface area contributed by atoms with E-state index in [1.165, 1.54) is 66.1 Å². The molecule has 0 aliphatic carbocycles. The van der Waals surface area contributed by atoms with Crippen molar-refractivity contribution in [3.63, 3.8) is 0 Å². The molecule has 536 valence electrons. The van der Waals surface area contributed by atoms with Crippen LogP contribution in [-0.4, -0.2) is 39.9 Å². The fraction of sp³-hybridized carbons (Fsp3) is 0. The third-order valence-corrected chi connectivity index (χ3v) is 23.1. The third-order valence-electron chi connectivity index (χ3n) is 23.1. The molecule has 0 N–H and O–H groups in total. The molecule has 16 aromatic carbocycles. The summed E-state index contributed by atoms with van der Waals surface area (Å²) in [4.78, 5) is 42.2. The summed E-state index contributed by atoms with van der Waals surface area (Å²) in [6.07, 6.45) is 0. The molecule has 0 saturated carbocycles. The van der Waals surface area contributed by atoms with Crippen LogP contribution in [-0.2, 0) is 0 Å². The Morgan fingerprint density at radius 3 is 0.638 bits per heavy atom. The molecule has 116 heavy (non-hydrogen) atoms. The monoisotopic (exact) mass is 1470 g/mol. The number of benzene rings is 16. The zero-order valence-corrected chi connectivity index (χ0v) is 62.5. The molecule has 8 heteroatoms. The zero-order chi connectivity index (χ0) is 76.3.